The van der Waals surface area contributed by atoms with E-state index in [0.717, 1.165) is 57.2 Å². The summed E-state index contributed by atoms with van der Waals surface area (Å²) in [5.41, 5.74) is 2.88. The zero-order valence-corrected chi connectivity index (χ0v) is 20.1. The smallest absolute Gasteiger partial charge is 0.310 e. The van der Waals surface area contributed by atoms with Crippen molar-refractivity contribution in [2.24, 2.45) is 23.2 Å². The number of fused-ring (bicyclic) bond motifs is 3. The number of nitrogens with zero attached hydrogens (tertiary/aromatic N) is 2. The average Bonchev–Trinajstić information content (AvgIpc) is 3.47. The van der Waals surface area contributed by atoms with Crippen molar-refractivity contribution >= 4 is 23.3 Å². The molecule has 0 bridgehead atoms. The fourth-order valence-electron chi connectivity index (χ4n) is 7.54. The van der Waals surface area contributed by atoms with E-state index < -0.39 is 0 Å². The molecule has 3 heterocycles. The van der Waals surface area contributed by atoms with Crippen LogP contribution in [0.4, 0.5) is 5.69 Å². The van der Waals surface area contributed by atoms with E-state index in [4.69, 9.17) is 21.1 Å². The number of halogens is 1. The van der Waals surface area contributed by atoms with E-state index in [1.165, 1.54) is 30.5 Å². The predicted octanol–water partition coefficient (Wildman–Crippen LogP) is 4.30. The van der Waals surface area contributed by atoms with Crippen LogP contribution in [0.5, 0.6) is 0 Å². The van der Waals surface area contributed by atoms with E-state index in [2.05, 4.69) is 35.8 Å². The Hall–Kier alpha value is -1.30. The summed E-state index contributed by atoms with van der Waals surface area (Å²) >= 11 is 6.24. The summed E-state index contributed by atoms with van der Waals surface area (Å²) in [4.78, 5) is 17.9. The molecule has 0 radical (unpaired) electrons. The normalized spacial score (nSPS) is 41.3. The van der Waals surface area contributed by atoms with Gasteiger partial charge in [0.25, 0.3) is 0 Å². The van der Waals surface area contributed by atoms with Gasteiger partial charge in [-0.3, -0.25) is 9.69 Å². The molecule has 5 fully saturated rings. The summed E-state index contributed by atoms with van der Waals surface area (Å²) in [5, 5.41) is 0.789. The van der Waals surface area contributed by atoms with Crippen molar-refractivity contribution in [2.45, 2.75) is 57.7 Å². The molecule has 0 aromatic heterocycles. The first kappa shape index (κ1) is 21.2. The van der Waals surface area contributed by atoms with Crippen molar-refractivity contribution in [3.63, 3.8) is 0 Å². The molecule has 2 saturated carbocycles. The van der Waals surface area contributed by atoms with Gasteiger partial charge in [0, 0.05) is 49.4 Å². The van der Waals surface area contributed by atoms with Crippen molar-refractivity contribution in [3.8, 4) is 0 Å². The topological polar surface area (TPSA) is 45.3 Å². The van der Waals surface area contributed by atoms with Crippen molar-refractivity contribution in [1.82, 2.24) is 4.90 Å². The second-order valence-electron chi connectivity index (χ2n) is 11.3. The molecule has 3 aliphatic heterocycles. The second kappa shape index (κ2) is 7.61. The molecule has 174 valence electrons. The Labute approximate surface area is 196 Å². The molecule has 1 aromatic rings. The molecule has 5 aliphatic rings. The summed E-state index contributed by atoms with van der Waals surface area (Å²) < 4.78 is 12.1. The van der Waals surface area contributed by atoms with Gasteiger partial charge in [0.05, 0.1) is 18.1 Å². The maximum atomic E-state index is 13.0. The zero-order chi connectivity index (χ0) is 22.1. The molecule has 6 heteroatoms. The molecule has 0 amide bonds. The molecule has 1 aromatic carbocycles. The largest absolute Gasteiger partial charge is 0.462 e. The number of anilines is 1. The van der Waals surface area contributed by atoms with Crippen LogP contribution < -0.4 is 4.90 Å². The van der Waals surface area contributed by atoms with Gasteiger partial charge < -0.3 is 14.4 Å². The van der Waals surface area contributed by atoms with Crippen molar-refractivity contribution in [2.75, 3.05) is 44.2 Å². The quantitative estimate of drug-likeness (QED) is 0.499. The second-order valence-corrected chi connectivity index (χ2v) is 11.8. The van der Waals surface area contributed by atoms with Crippen LogP contribution >= 0.6 is 11.6 Å². The van der Waals surface area contributed by atoms with Crippen LogP contribution in [0, 0.1) is 30.1 Å². The number of benzene rings is 1. The maximum absolute atomic E-state index is 13.0. The van der Waals surface area contributed by atoms with Gasteiger partial charge in [-0.2, -0.15) is 0 Å². The monoisotopic (exact) mass is 458 g/mol. The molecule has 2 aliphatic carbocycles. The first-order chi connectivity index (χ1) is 15.4. The van der Waals surface area contributed by atoms with Crippen LogP contribution in [-0.4, -0.2) is 61.9 Å². The summed E-state index contributed by atoms with van der Waals surface area (Å²) in [6.07, 6.45) is 5.93. The Kier molecular flexibility index (Phi) is 5.05. The Morgan fingerprint density at radius 2 is 1.97 bits per heavy atom. The van der Waals surface area contributed by atoms with E-state index in [1.54, 1.807) is 0 Å². The van der Waals surface area contributed by atoms with E-state index in [-0.39, 0.29) is 29.0 Å². The van der Waals surface area contributed by atoms with Gasteiger partial charge in [-0.15, -0.1) is 0 Å². The highest BCUT2D eigenvalue weighted by Crippen LogP contribution is 2.62. The van der Waals surface area contributed by atoms with Gasteiger partial charge in [0.15, 0.2) is 0 Å². The standard InChI is InChI=1S/C26H35ClN2O3/c1-17-4-5-18(27)12-21(17)29-10-8-28(9-11-29)15-20-19-13-23-25(2,14-22(19)32-24(20)30)6-3-7-26(23)16-31-26/h4-5,12,19-20,22-23H,3,6-11,13-16H2,1-2H3. The predicted molar refractivity (Wildman–Crippen MR) is 125 cm³/mol. The Morgan fingerprint density at radius 1 is 1.19 bits per heavy atom. The average molecular weight is 459 g/mol. The highest BCUT2D eigenvalue weighted by atomic mass is 35.5. The van der Waals surface area contributed by atoms with Gasteiger partial charge in [-0.1, -0.05) is 24.6 Å². The summed E-state index contributed by atoms with van der Waals surface area (Å²) in [6, 6.07) is 6.12. The van der Waals surface area contributed by atoms with Crippen molar-refractivity contribution in [1.29, 1.82) is 0 Å². The molecule has 0 N–H and O–H groups in total. The molecule has 3 saturated heterocycles. The molecule has 32 heavy (non-hydrogen) atoms. The minimum atomic E-state index is 0.0155. The summed E-state index contributed by atoms with van der Waals surface area (Å²) in [5.74, 6) is 1.00. The number of carbonyl (C=O) groups is 1. The lowest BCUT2D eigenvalue weighted by Gasteiger charge is -2.51. The number of epoxide rings is 1. The van der Waals surface area contributed by atoms with Crippen LogP contribution in [0.25, 0.3) is 0 Å². The maximum Gasteiger partial charge on any atom is 0.310 e. The number of hydrogen-bond donors (Lipinski definition) is 0. The highest BCUT2D eigenvalue weighted by molar-refractivity contribution is 6.30. The number of ether oxygens (including phenoxy) is 2. The number of rotatable bonds is 3. The van der Waals surface area contributed by atoms with Gasteiger partial charge in [-0.25, -0.2) is 0 Å². The molecule has 6 atom stereocenters. The minimum Gasteiger partial charge on any atom is -0.462 e. The van der Waals surface area contributed by atoms with Crippen LogP contribution in [0.2, 0.25) is 5.02 Å². The summed E-state index contributed by atoms with van der Waals surface area (Å²) in [7, 11) is 0. The van der Waals surface area contributed by atoms with E-state index in [9.17, 15) is 4.79 Å². The molecular formula is C26H35ClN2O3. The number of esters is 1. The summed E-state index contributed by atoms with van der Waals surface area (Å²) in [6.45, 7) is 10.2. The number of hydrogen-bond acceptors (Lipinski definition) is 5. The first-order valence-corrected chi connectivity index (χ1v) is 12.8. The third-order valence-electron chi connectivity index (χ3n) is 9.42. The van der Waals surface area contributed by atoms with E-state index in [0.29, 0.717) is 11.8 Å². The van der Waals surface area contributed by atoms with Crippen LogP contribution in [0.1, 0.15) is 44.6 Å². The lowest BCUT2D eigenvalue weighted by Crippen LogP contribution is -2.52. The van der Waals surface area contributed by atoms with Crippen molar-refractivity contribution in [3.05, 3.63) is 28.8 Å². The van der Waals surface area contributed by atoms with Gasteiger partial charge in [0.1, 0.15) is 6.10 Å². The molecular weight excluding hydrogens is 424 g/mol. The molecule has 6 unspecified atom stereocenters. The van der Waals surface area contributed by atoms with Gasteiger partial charge in [-0.05, 0) is 68.1 Å². The SMILES string of the molecule is Cc1ccc(Cl)cc1N1CCN(CC2C(=O)OC3CC4(C)CCCC5(CO5)C4CC32)CC1. The van der Waals surface area contributed by atoms with Crippen molar-refractivity contribution < 1.29 is 14.3 Å². The third kappa shape index (κ3) is 3.47. The van der Waals surface area contributed by atoms with Crippen LogP contribution in [0.15, 0.2) is 18.2 Å². The molecule has 1 spiro atoms. The fraction of sp³-hybridized carbons (Fsp3) is 0.731. The highest BCUT2D eigenvalue weighted by Gasteiger charge is 2.65. The lowest BCUT2D eigenvalue weighted by atomic mass is 9.53. The van der Waals surface area contributed by atoms with Gasteiger partial charge in [0.2, 0.25) is 0 Å². The third-order valence-corrected chi connectivity index (χ3v) is 9.65. The zero-order valence-electron chi connectivity index (χ0n) is 19.3. The lowest BCUT2D eigenvalue weighted by molar-refractivity contribution is -0.147. The molecule has 5 nitrogen and oxygen atoms in total. The number of piperazine rings is 1. The van der Waals surface area contributed by atoms with Crippen LogP contribution in [-0.2, 0) is 14.3 Å². The number of carbonyl (C=O) groups excluding carboxylic acids is 1. The fourth-order valence-corrected chi connectivity index (χ4v) is 7.70. The number of aryl methyl sites for hydroxylation is 1. The Balaban J connectivity index is 1.12. The minimum absolute atomic E-state index is 0.0155. The van der Waals surface area contributed by atoms with Gasteiger partial charge >= 0.3 is 5.97 Å². The van der Waals surface area contributed by atoms with E-state index >= 15 is 0 Å². The molecule has 6 rings (SSSR count). The first-order valence-electron chi connectivity index (χ1n) is 12.4. The van der Waals surface area contributed by atoms with E-state index in [1.807, 2.05) is 6.07 Å². The Morgan fingerprint density at radius 3 is 2.72 bits per heavy atom. The Bertz CT molecular complexity index is 910. The van der Waals surface area contributed by atoms with Crippen LogP contribution in [0.3, 0.4) is 0 Å².